The number of anilines is 1. The van der Waals surface area contributed by atoms with Crippen LogP contribution in [0.3, 0.4) is 0 Å². The fourth-order valence-corrected chi connectivity index (χ4v) is 4.38. The number of nitrogens with one attached hydrogen (secondary N) is 1. The third kappa shape index (κ3) is 3.52. The SMILES string of the molecule is C#[N+][C@H]1CC[C@@](/C=[N+]2\C=C(c3nc(-c4cc(N)[nH]n4)cn4nccc34)C=N2)(CC#N)CC1. The summed E-state index contributed by atoms with van der Waals surface area (Å²) in [6.45, 7) is 5.48. The molecular weight excluding hydrogens is 404 g/mol. The lowest BCUT2D eigenvalue weighted by Crippen LogP contribution is -2.32. The molecule has 3 N–H and O–H groups in total. The van der Waals surface area contributed by atoms with Crippen molar-refractivity contribution >= 4 is 29.3 Å². The third-order valence-electron chi connectivity index (χ3n) is 6.12. The number of hydrazone groups is 1. The Morgan fingerprint density at radius 2 is 2.25 bits per heavy atom. The predicted octanol–water partition coefficient (Wildman–Crippen LogP) is 2.93. The van der Waals surface area contributed by atoms with Crippen molar-refractivity contribution in [3.8, 4) is 24.0 Å². The fraction of sp³-hybridized carbons (Fsp3) is 0.318. The van der Waals surface area contributed by atoms with Gasteiger partial charge < -0.3 is 5.73 Å². The molecule has 10 heteroatoms. The maximum Gasteiger partial charge on any atom is 0.272 e. The summed E-state index contributed by atoms with van der Waals surface area (Å²) >= 11 is 0. The van der Waals surface area contributed by atoms with Crippen LogP contribution in [0.15, 0.2) is 35.8 Å². The van der Waals surface area contributed by atoms with Gasteiger partial charge in [0.2, 0.25) is 6.20 Å². The van der Waals surface area contributed by atoms with Crippen LogP contribution in [-0.2, 0) is 0 Å². The van der Waals surface area contributed by atoms with Gasteiger partial charge in [-0.05, 0) is 24.0 Å². The Bertz CT molecular complexity index is 1350. The Morgan fingerprint density at radius 3 is 2.97 bits per heavy atom. The Morgan fingerprint density at radius 1 is 1.41 bits per heavy atom. The Labute approximate surface area is 184 Å². The third-order valence-corrected chi connectivity index (χ3v) is 6.12. The number of nitrogen functional groups attached to an aromatic ring is 1. The highest BCUT2D eigenvalue weighted by molar-refractivity contribution is 6.12. The van der Waals surface area contributed by atoms with Crippen molar-refractivity contribution in [3.05, 3.63) is 41.3 Å². The molecule has 0 saturated heterocycles. The molecule has 10 nitrogen and oxygen atoms in total. The second-order valence-corrected chi connectivity index (χ2v) is 8.26. The normalized spacial score (nSPS) is 23.9. The average Bonchev–Trinajstić information content (AvgIpc) is 3.55. The van der Waals surface area contributed by atoms with Crippen LogP contribution in [0.4, 0.5) is 5.82 Å². The van der Waals surface area contributed by atoms with Crippen LogP contribution in [0, 0.1) is 23.3 Å². The molecule has 1 fully saturated rings. The summed E-state index contributed by atoms with van der Waals surface area (Å²) in [6, 6.07) is 6.14. The molecule has 1 saturated carbocycles. The number of aromatic nitrogens is 5. The molecule has 1 aliphatic carbocycles. The molecule has 158 valence electrons. The minimum atomic E-state index is -0.243. The van der Waals surface area contributed by atoms with E-state index >= 15 is 0 Å². The number of allylic oxidation sites excluding steroid dienone is 1. The van der Waals surface area contributed by atoms with Crippen molar-refractivity contribution in [1.29, 1.82) is 5.26 Å². The first-order valence-corrected chi connectivity index (χ1v) is 10.4. The Hall–Kier alpha value is -4.31. The fourth-order valence-electron chi connectivity index (χ4n) is 4.38. The standard InChI is InChI=1S/C22H22N10/c1-25-16-2-5-22(6-3-16,7-8-23)14-31-12-15(11-27-31)21-19-4-9-26-32(19)13-18(28-21)17-10-20(24)30-29-17/h1,4,9-14,16H,2-3,5-7H2,(H3,24,29,30)/q+2/b31-14+/t16-,22-. The van der Waals surface area contributed by atoms with Crippen molar-refractivity contribution in [2.45, 2.75) is 38.1 Å². The van der Waals surface area contributed by atoms with E-state index < -0.39 is 0 Å². The zero-order valence-corrected chi connectivity index (χ0v) is 17.4. The van der Waals surface area contributed by atoms with E-state index in [1.807, 2.05) is 18.5 Å². The highest BCUT2D eigenvalue weighted by Crippen LogP contribution is 2.39. The summed E-state index contributed by atoms with van der Waals surface area (Å²) in [5.41, 5.74) is 9.25. The average molecular weight is 426 g/mol. The molecule has 2 aliphatic rings. The molecule has 0 atom stereocenters. The first-order valence-electron chi connectivity index (χ1n) is 10.4. The van der Waals surface area contributed by atoms with Crippen molar-refractivity contribution < 1.29 is 4.68 Å². The van der Waals surface area contributed by atoms with E-state index in [9.17, 15) is 5.26 Å². The number of fused-ring (bicyclic) bond motifs is 1. The van der Waals surface area contributed by atoms with Crippen LogP contribution in [-0.4, -0.2) is 48.0 Å². The number of aromatic amines is 1. The van der Waals surface area contributed by atoms with E-state index in [1.165, 1.54) is 0 Å². The van der Waals surface area contributed by atoms with Crippen LogP contribution in [0.25, 0.3) is 27.3 Å². The topological polar surface area (TPSA) is 128 Å². The van der Waals surface area contributed by atoms with Crippen LogP contribution in [0.1, 0.15) is 37.8 Å². The van der Waals surface area contributed by atoms with Gasteiger partial charge in [-0.1, -0.05) is 9.53 Å². The van der Waals surface area contributed by atoms with E-state index in [1.54, 1.807) is 27.7 Å². The predicted molar refractivity (Wildman–Crippen MR) is 121 cm³/mol. The van der Waals surface area contributed by atoms with E-state index in [0.29, 0.717) is 23.6 Å². The zero-order chi connectivity index (χ0) is 22.1. The smallest absolute Gasteiger partial charge is 0.272 e. The molecule has 0 amide bonds. The lowest BCUT2D eigenvalue weighted by atomic mass is 9.71. The highest BCUT2D eigenvalue weighted by Gasteiger charge is 2.41. The van der Waals surface area contributed by atoms with Gasteiger partial charge in [0.25, 0.3) is 12.6 Å². The summed E-state index contributed by atoms with van der Waals surface area (Å²) in [6.07, 6.45) is 13.2. The lowest BCUT2D eigenvalue weighted by Gasteiger charge is -2.28. The van der Waals surface area contributed by atoms with Gasteiger partial charge in [0.15, 0.2) is 6.21 Å². The first-order chi connectivity index (χ1) is 15.6. The van der Waals surface area contributed by atoms with Gasteiger partial charge in [-0.3, -0.25) is 5.10 Å². The number of nitriles is 1. The van der Waals surface area contributed by atoms with E-state index in [0.717, 1.165) is 42.5 Å². The molecule has 1 aliphatic heterocycles. The number of nitrogens with two attached hydrogens (primary N) is 1. The summed E-state index contributed by atoms with van der Waals surface area (Å²) in [5.74, 6) is 0.464. The van der Waals surface area contributed by atoms with Crippen molar-refractivity contribution in [2.24, 2.45) is 10.5 Å². The van der Waals surface area contributed by atoms with Crippen LogP contribution >= 0.6 is 0 Å². The van der Waals surface area contributed by atoms with Gasteiger partial charge >= 0.3 is 0 Å². The largest absolute Gasteiger partial charge is 0.384 e. The second kappa shape index (κ2) is 7.75. The molecule has 32 heavy (non-hydrogen) atoms. The summed E-state index contributed by atoms with van der Waals surface area (Å²) in [4.78, 5) is 8.75. The van der Waals surface area contributed by atoms with Gasteiger partial charge in [0.1, 0.15) is 29.1 Å². The number of H-pyrrole nitrogens is 1. The molecule has 0 unspecified atom stereocenters. The molecule has 5 rings (SSSR count). The van der Waals surface area contributed by atoms with Gasteiger partial charge in [0.05, 0.1) is 41.4 Å². The van der Waals surface area contributed by atoms with E-state index in [4.69, 9.17) is 17.3 Å². The number of hydrogen-bond acceptors (Lipinski definition) is 6. The lowest BCUT2D eigenvalue weighted by molar-refractivity contribution is -0.456. The second-order valence-electron chi connectivity index (χ2n) is 8.26. The monoisotopic (exact) mass is 426 g/mol. The van der Waals surface area contributed by atoms with Crippen LogP contribution < -0.4 is 5.73 Å². The Balaban J connectivity index is 1.52. The maximum absolute atomic E-state index is 9.42. The molecule has 4 heterocycles. The van der Waals surface area contributed by atoms with Crippen LogP contribution in [0.2, 0.25) is 0 Å². The molecule has 3 aromatic heterocycles. The van der Waals surface area contributed by atoms with Crippen LogP contribution in [0.5, 0.6) is 0 Å². The molecule has 0 aromatic carbocycles. The van der Waals surface area contributed by atoms with Crippen molar-refractivity contribution in [1.82, 2.24) is 24.8 Å². The van der Waals surface area contributed by atoms with Crippen molar-refractivity contribution in [3.63, 3.8) is 0 Å². The van der Waals surface area contributed by atoms with Gasteiger partial charge in [0, 0.05) is 18.9 Å². The molecule has 3 aromatic rings. The number of rotatable bonds is 4. The van der Waals surface area contributed by atoms with Gasteiger partial charge in [-0.2, -0.15) is 15.5 Å². The number of nitrogens with zero attached hydrogens (tertiary/aromatic N) is 8. The van der Waals surface area contributed by atoms with Crippen molar-refractivity contribution in [2.75, 3.05) is 5.73 Å². The highest BCUT2D eigenvalue weighted by atomic mass is 15.4. The molecule has 0 spiro atoms. The minimum Gasteiger partial charge on any atom is -0.384 e. The number of hydrogen-bond donors (Lipinski definition) is 2. The van der Waals surface area contributed by atoms with Gasteiger partial charge in [-0.25, -0.2) is 9.50 Å². The summed E-state index contributed by atoms with van der Waals surface area (Å²) < 4.78 is 3.55. The summed E-state index contributed by atoms with van der Waals surface area (Å²) in [5, 5.41) is 25.3. The first kappa shape index (κ1) is 19.6. The zero-order valence-electron chi connectivity index (χ0n) is 17.4. The molecule has 0 radical (unpaired) electrons. The Kier molecular flexibility index (Phi) is 4.75. The van der Waals surface area contributed by atoms with Gasteiger partial charge in [-0.15, -0.1) is 0 Å². The van der Waals surface area contributed by atoms with E-state index in [-0.39, 0.29) is 11.5 Å². The minimum absolute atomic E-state index is 0.168. The molecular formula is C22H22N10+2. The quantitative estimate of drug-likeness (QED) is 0.620. The summed E-state index contributed by atoms with van der Waals surface area (Å²) in [7, 11) is 0. The maximum atomic E-state index is 9.42. The van der Waals surface area contributed by atoms with E-state index in [2.05, 4.69) is 37.5 Å². The molecule has 0 bridgehead atoms.